The van der Waals surface area contributed by atoms with E-state index in [0.29, 0.717) is 0 Å². The van der Waals surface area contributed by atoms with E-state index in [-0.39, 0.29) is 12.6 Å². The fraction of sp³-hybridized carbons (Fsp3) is 1.00. The van der Waals surface area contributed by atoms with E-state index in [1.807, 2.05) is 0 Å². The molecule has 1 fully saturated rings. The molecule has 0 amide bonds. The molecule has 1 rings (SSSR count). The van der Waals surface area contributed by atoms with Gasteiger partial charge < -0.3 is 14.2 Å². The summed E-state index contributed by atoms with van der Waals surface area (Å²) in [7, 11) is 0. The van der Waals surface area contributed by atoms with Crippen LogP contribution in [0.1, 0.15) is 46.0 Å². The first-order valence-corrected chi connectivity index (χ1v) is 5.75. The Balaban J connectivity index is 2.14. The molecule has 1 aliphatic heterocycles. The second kappa shape index (κ2) is 7.21. The van der Waals surface area contributed by atoms with E-state index < -0.39 is 0 Å². The van der Waals surface area contributed by atoms with Gasteiger partial charge in [0.1, 0.15) is 0 Å². The normalized spacial score (nSPS) is 27.9. The Bertz CT molecular complexity index is 124. The van der Waals surface area contributed by atoms with Gasteiger partial charge in [0.25, 0.3) is 0 Å². The molecule has 0 aliphatic carbocycles. The summed E-state index contributed by atoms with van der Waals surface area (Å²) >= 11 is 0. The largest absolute Gasteiger partial charge is 0.353 e. The van der Waals surface area contributed by atoms with Crippen molar-refractivity contribution in [2.75, 3.05) is 13.2 Å². The molecular formula is C11H22O3. The van der Waals surface area contributed by atoms with Gasteiger partial charge in [0.05, 0.1) is 0 Å². The summed E-state index contributed by atoms with van der Waals surface area (Å²) in [6.45, 7) is 5.78. The molecule has 0 saturated carbocycles. The molecule has 0 aromatic heterocycles. The third kappa shape index (κ3) is 4.40. The summed E-state index contributed by atoms with van der Waals surface area (Å²) in [5.74, 6) is 0. The van der Waals surface area contributed by atoms with Crippen LogP contribution >= 0.6 is 0 Å². The zero-order chi connectivity index (χ0) is 10.2. The highest BCUT2D eigenvalue weighted by Gasteiger charge is 2.22. The Morgan fingerprint density at radius 2 is 1.50 bits per heavy atom. The lowest BCUT2D eigenvalue weighted by Gasteiger charge is -2.29. The zero-order valence-electron chi connectivity index (χ0n) is 9.33. The molecule has 0 aromatic rings. The van der Waals surface area contributed by atoms with Crippen molar-refractivity contribution in [2.24, 2.45) is 0 Å². The SMILES string of the molecule is CCCOC1CCCC(OCCC)O1. The lowest BCUT2D eigenvalue weighted by Crippen LogP contribution is -2.31. The second-order valence-corrected chi connectivity index (χ2v) is 3.67. The van der Waals surface area contributed by atoms with Gasteiger partial charge in [-0.3, -0.25) is 0 Å². The Kier molecular flexibility index (Phi) is 6.15. The number of rotatable bonds is 6. The Labute approximate surface area is 86.7 Å². The molecule has 0 radical (unpaired) electrons. The molecule has 84 valence electrons. The van der Waals surface area contributed by atoms with Crippen LogP contribution in [0.15, 0.2) is 0 Å². The fourth-order valence-electron chi connectivity index (χ4n) is 1.50. The van der Waals surface area contributed by atoms with Crippen LogP contribution in [0.25, 0.3) is 0 Å². The van der Waals surface area contributed by atoms with Gasteiger partial charge in [-0.05, 0) is 32.1 Å². The van der Waals surface area contributed by atoms with Gasteiger partial charge in [-0.15, -0.1) is 0 Å². The first-order chi connectivity index (χ1) is 6.86. The number of hydrogen-bond acceptors (Lipinski definition) is 3. The molecule has 3 nitrogen and oxygen atoms in total. The third-order valence-electron chi connectivity index (χ3n) is 2.20. The third-order valence-corrected chi connectivity index (χ3v) is 2.20. The van der Waals surface area contributed by atoms with Crippen molar-refractivity contribution in [3.05, 3.63) is 0 Å². The average molecular weight is 202 g/mol. The second-order valence-electron chi connectivity index (χ2n) is 3.67. The molecule has 2 atom stereocenters. The molecular weight excluding hydrogens is 180 g/mol. The fourth-order valence-corrected chi connectivity index (χ4v) is 1.50. The zero-order valence-corrected chi connectivity index (χ0v) is 9.33. The summed E-state index contributed by atoms with van der Waals surface area (Å²) in [4.78, 5) is 0. The lowest BCUT2D eigenvalue weighted by atomic mass is 10.2. The maximum atomic E-state index is 5.65. The molecule has 1 saturated heterocycles. The minimum atomic E-state index is -0.0365. The smallest absolute Gasteiger partial charge is 0.160 e. The molecule has 2 unspecified atom stereocenters. The van der Waals surface area contributed by atoms with Gasteiger partial charge >= 0.3 is 0 Å². The van der Waals surface area contributed by atoms with E-state index in [4.69, 9.17) is 14.2 Å². The van der Waals surface area contributed by atoms with E-state index in [0.717, 1.165) is 45.3 Å². The predicted molar refractivity (Wildman–Crippen MR) is 55.0 cm³/mol. The first-order valence-electron chi connectivity index (χ1n) is 5.75. The molecule has 0 N–H and O–H groups in total. The van der Waals surface area contributed by atoms with Crippen LogP contribution in [0.2, 0.25) is 0 Å². The van der Waals surface area contributed by atoms with Crippen molar-refractivity contribution in [1.29, 1.82) is 0 Å². The van der Waals surface area contributed by atoms with Gasteiger partial charge in [-0.2, -0.15) is 0 Å². The van der Waals surface area contributed by atoms with Gasteiger partial charge in [0.2, 0.25) is 0 Å². The van der Waals surface area contributed by atoms with E-state index >= 15 is 0 Å². The summed E-state index contributed by atoms with van der Waals surface area (Å²) < 4.78 is 16.7. The summed E-state index contributed by atoms with van der Waals surface area (Å²) in [6.07, 6.45) is 5.16. The minimum Gasteiger partial charge on any atom is -0.353 e. The van der Waals surface area contributed by atoms with Crippen molar-refractivity contribution in [3.8, 4) is 0 Å². The topological polar surface area (TPSA) is 27.7 Å². The standard InChI is InChI=1S/C11H22O3/c1-3-8-12-10-6-5-7-11(14-10)13-9-4-2/h10-11H,3-9H2,1-2H3. The van der Waals surface area contributed by atoms with Gasteiger partial charge in [-0.1, -0.05) is 13.8 Å². The molecule has 14 heavy (non-hydrogen) atoms. The Hall–Kier alpha value is -0.120. The lowest BCUT2D eigenvalue weighted by molar-refractivity contribution is -0.266. The van der Waals surface area contributed by atoms with E-state index in [2.05, 4.69) is 13.8 Å². The maximum Gasteiger partial charge on any atom is 0.160 e. The maximum absolute atomic E-state index is 5.65. The van der Waals surface area contributed by atoms with Crippen LogP contribution in [0.4, 0.5) is 0 Å². The summed E-state index contributed by atoms with van der Waals surface area (Å²) in [5, 5.41) is 0. The highest BCUT2D eigenvalue weighted by atomic mass is 16.8. The van der Waals surface area contributed by atoms with E-state index in [1.54, 1.807) is 0 Å². The van der Waals surface area contributed by atoms with Crippen molar-refractivity contribution in [3.63, 3.8) is 0 Å². The first kappa shape index (κ1) is 12.0. The average Bonchev–Trinajstić information content (AvgIpc) is 2.24. The molecule has 3 heteroatoms. The molecule has 0 bridgehead atoms. The quantitative estimate of drug-likeness (QED) is 0.662. The number of ether oxygens (including phenoxy) is 3. The monoisotopic (exact) mass is 202 g/mol. The highest BCUT2D eigenvalue weighted by molar-refractivity contribution is 4.59. The van der Waals surface area contributed by atoms with Crippen LogP contribution < -0.4 is 0 Å². The van der Waals surface area contributed by atoms with E-state index in [1.165, 1.54) is 0 Å². The van der Waals surface area contributed by atoms with Crippen molar-refractivity contribution >= 4 is 0 Å². The van der Waals surface area contributed by atoms with Crippen molar-refractivity contribution in [2.45, 2.75) is 58.5 Å². The van der Waals surface area contributed by atoms with Crippen LogP contribution in [0, 0.1) is 0 Å². The van der Waals surface area contributed by atoms with Gasteiger partial charge in [-0.25, -0.2) is 0 Å². The molecule has 1 aliphatic rings. The van der Waals surface area contributed by atoms with Crippen molar-refractivity contribution < 1.29 is 14.2 Å². The molecule has 1 heterocycles. The van der Waals surface area contributed by atoms with Crippen molar-refractivity contribution in [1.82, 2.24) is 0 Å². The Morgan fingerprint density at radius 3 is 1.93 bits per heavy atom. The highest BCUT2D eigenvalue weighted by Crippen LogP contribution is 2.20. The van der Waals surface area contributed by atoms with Crippen LogP contribution in [0.3, 0.4) is 0 Å². The van der Waals surface area contributed by atoms with Gasteiger partial charge in [0.15, 0.2) is 12.6 Å². The molecule has 0 spiro atoms. The predicted octanol–water partition coefficient (Wildman–Crippen LogP) is 2.69. The van der Waals surface area contributed by atoms with Crippen LogP contribution in [0.5, 0.6) is 0 Å². The molecule has 0 aromatic carbocycles. The Morgan fingerprint density at radius 1 is 1.00 bits per heavy atom. The number of hydrogen-bond donors (Lipinski definition) is 0. The summed E-state index contributed by atoms with van der Waals surface area (Å²) in [5.41, 5.74) is 0. The van der Waals surface area contributed by atoms with E-state index in [9.17, 15) is 0 Å². The summed E-state index contributed by atoms with van der Waals surface area (Å²) in [6, 6.07) is 0. The minimum absolute atomic E-state index is 0.0365. The van der Waals surface area contributed by atoms with Gasteiger partial charge in [0, 0.05) is 13.2 Å². The van der Waals surface area contributed by atoms with Crippen LogP contribution in [-0.4, -0.2) is 25.8 Å². The van der Waals surface area contributed by atoms with Crippen LogP contribution in [-0.2, 0) is 14.2 Å².